The maximum atomic E-state index is 12.0. The molecular weight excluding hydrogens is 1340 g/mol. The lowest BCUT2D eigenvalue weighted by molar-refractivity contribution is -0.130. The number of aromatic amines is 1. The highest BCUT2D eigenvalue weighted by atomic mass is 16.2. The Kier molecular flexibility index (Phi) is 48.6. The molecule has 5 aliphatic carbocycles. The lowest BCUT2D eigenvalue weighted by Gasteiger charge is -2.35. The molecular formula is C72H123N19O13. The molecule has 0 saturated heterocycles. The highest BCUT2D eigenvalue weighted by molar-refractivity contribution is 5.97. The van der Waals surface area contributed by atoms with E-state index in [0.29, 0.717) is 38.4 Å². The van der Waals surface area contributed by atoms with Gasteiger partial charge in [0, 0.05) is 79.1 Å². The molecule has 0 bridgehead atoms. The number of anilines is 1. The second-order valence-electron chi connectivity index (χ2n) is 27.6. The third-order valence-corrected chi connectivity index (χ3v) is 17.3. The van der Waals surface area contributed by atoms with Crippen LogP contribution in [0.5, 0.6) is 0 Å². The Morgan fingerprint density at radius 3 is 0.971 bits per heavy atom. The second kappa shape index (κ2) is 53.4. The molecule has 7 aliphatic rings. The summed E-state index contributed by atoms with van der Waals surface area (Å²) in [5, 5.41) is 32.8. The van der Waals surface area contributed by atoms with E-state index >= 15 is 0 Å². The van der Waals surface area contributed by atoms with Crippen LogP contribution < -0.4 is 75.1 Å². The number of aliphatic imine (C=N–C) groups is 4. The molecule has 1 aromatic rings. The minimum absolute atomic E-state index is 0.0678. The Hall–Kier alpha value is -9.36. The number of urea groups is 2. The highest BCUT2D eigenvalue weighted by Gasteiger charge is 2.32. The number of rotatable bonds is 16. The van der Waals surface area contributed by atoms with Gasteiger partial charge in [-0.1, -0.05) is 96.3 Å². The van der Waals surface area contributed by atoms with Crippen molar-refractivity contribution in [3.63, 3.8) is 0 Å². The standard InChI is InChI=1S/2C13H22N4O2.3C8H13NO.2C7H14N2O2.C5H7N3O.C3H5NO/c2*1-9-8-10(18)15-11(14-9)16-12(19)17-13(2)6-4-3-5-7-13;3*1-8(9-7-10)5-3-2-4-6-8;2*1-3-8-6(10)5-7(11)9-4-2;1-3-2-4(9)8-5(6)7-3;1-2-4-3-5/h2*8,11,14H,3-7H2,1-2H3,(H,15,18)(H2,16,17,19);3*2-6H2,1H3;2*3-5H2,1-2H3,(H,8,10)(H,9,11);2H,1H3,(H3,6,7,8,9);2H2,1H3. The number of carbonyl (C=O) groups excluding carboxylic acids is 12. The summed E-state index contributed by atoms with van der Waals surface area (Å²) in [6.45, 7) is 27.4. The number of aromatic nitrogens is 2. The summed E-state index contributed by atoms with van der Waals surface area (Å²) < 4.78 is 0. The van der Waals surface area contributed by atoms with Crippen LogP contribution in [0, 0.1) is 6.92 Å². The van der Waals surface area contributed by atoms with Crippen molar-refractivity contribution in [2.24, 2.45) is 20.0 Å². The maximum Gasteiger partial charge on any atom is 0.318 e. The van der Waals surface area contributed by atoms with Crippen molar-refractivity contribution in [2.45, 2.75) is 304 Å². The van der Waals surface area contributed by atoms with Crippen LogP contribution in [0.3, 0.4) is 0 Å². The number of nitrogens with two attached hydrogens (primary N) is 1. The number of amides is 10. The van der Waals surface area contributed by atoms with Crippen LogP contribution in [0.15, 0.2) is 54.4 Å². The van der Waals surface area contributed by atoms with Gasteiger partial charge in [-0.2, -0.15) is 15.0 Å². The molecule has 3 heterocycles. The van der Waals surface area contributed by atoms with Crippen LogP contribution in [-0.2, 0) is 47.9 Å². The fourth-order valence-corrected chi connectivity index (χ4v) is 11.9. The van der Waals surface area contributed by atoms with E-state index < -0.39 is 12.6 Å². The lowest BCUT2D eigenvalue weighted by atomic mass is 9.83. The van der Waals surface area contributed by atoms with Gasteiger partial charge in [-0.15, -0.1) is 0 Å². The zero-order valence-electron chi connectivity index (χ0n) is 64.1. The summed E-state index contributed by atoms with van der Waals surface area (Å²) in [6.07, 6.45) is 36.6. The molecule has 584 valence electrons. The van der Waals surface area contributed by atoms with E-state index in [2.05, 4.69) is 108 Å². The van der Waals surface area contributed by atoms with E-state index in [4.69, 9.17) is 10.5 Å². The third-order valence-electron chi connectivity index (χ3n) is 17.3. The van der Waals surface area contributed by atoms with Crippen LogP contribution >= 0.6 is 0 Å². The highest BCUT2D eigenvalue weighted by Crippen LogP contribution is 2.33. The van der Waals surface area contributed by atoms with Gasteiger partial charge in [0.25, 0.3) is 5.56 Å². The molecule has 104 heavy (non-hydrogen) atoms. The van der Waals surface area contributed by atoms with Gasteiger partial charge in [0.15, 0.2) is 12.6 Å². The van der Waals surface area contributed by atoms with Crippen LogP contribution in [0.1, 0.15) is 262 Å². The van der Waals surface area contributed by atoms with Crippen LogP contribution in [0.25, 0.3) is 0 Å². The minimum atomic E-state index is -0.551. The first-order valence-corrected chi connectivity index (χ1v) is 36.6. The number of H-pyrrole nitrogens is 1. The fraction of sp³-hybridized carbons (Fsp3) is 0.722. The van der Waals surface area contributed by atoms with E-state index in [0.717, 1.165) is 101 Å². The Morgan fingerprint density at radius 1 is 0.462 bits per heavy atom. The SMILES string of the molecule is CC1(N=C=O)CCCCC1.CC1(N=C=O)CCCCC1.CC1(N=C=O)CCCCC1.CC1=CC(=O)NC(NC(=O)NC2(C)CCCCC2)N1.CC1=CC(=O)NC(NC(=O)NC2(C)CCCCC2)N1.CCN=C=O.CCNC(=O)CC(=O)NCC.CCNC(=O)CC(=O)NCC.Cc1cc(=O)[nH]c(N)n1. The average molecular weight is 1460 g/mol. The van der Waals surface area contributed by atoms with E-state index in [-0.39, 0.29) is 99.5 Å². The number of nitrogens with zero attached hydrogens (tertiary/aromatic N) is 5. The number of allylic oxidation sites excluding steroid dienone is 2. The van der Waals surface area contributed by atoms with Crippen molar-refractivity contribution < 1.29 is 57.5 Å². The molecule has 5 fully saturated rings. The normalized spacial score (nSPS) is 19.1. The molecule has 2 unspecified atom stereocenters. The monoisotopic (exact) mass is 1460 g/mol. The molecule has 8 rings (SSSR count). The summed E-state index contributed by atoms with van der Waals surface area (Å²) in [7, 11) is 0. The topological polar surface area (TPSA) is 470 Å². The lowest BCUT2D eigenvalue weighted by Crippen LogP contribution is -2.62. The molecule has 0 radical (unpaired) electrons. The number of nitrogen functional groups attached to an aromatic ring is 1. The summed E-state index contributed by atoms with van der Waals surface area (Å²) in [5.74, 6) is -1.13. The maximum absolute atomic E-state index is 12.0. The summed E-state index contributed by atoms with van der Waals surface area (Å²) in [6, 6.07) is 0.880. The van der Waals surface area contributed by atoms with Gasteiger partial charge in [-0.25, -0.2) is 38.7 Å². The van der Waals surface area contributed by atoms with Crippen molar-refractivity contribution >= 4 is 77.8 Å². The third kappa shape index (κ3) is 47.0. The number of isocyanates is 4. The number of aryl methyl sites for hydroxylation is 1. The van der Waals surface area contributed by atoms with Crippen molar-refractivity contribution in [3.05, 3.63) is 45.7 Å². The molecule has 15 N–H and O–H groups in total. The zero-order valence-corrected chi connectivity index (χ0v) is 64.1. The number of nitrogens with one attached hydrogen (secondary N) is 13. The van der Waals surface area contributed by atoms with Gasteiger partial charge in [-0.3, -0.25) is 38.5 Å². The van der Waals surface area contributed by atoms with Crippen LogP contribution in [0.4, 0.5) is 15.5 Å². The van der Waals surface area contributed by atoms with Gasteiger partial charge in [-0.05, 0) is 154 Å². The van der Waals surface area contributed by atoms with Crippen LogP contribution in [0.2, 0.25) is 0 Å². The predicted octanol–water partition coefficient (Wildman–Crippen LogP) is 7.27. The van der Waals surface area contributed by atoms with Crippen LogP contribution in [-0.4, -0.2) is 155 Å². The first-order chi connectivity index (χ1) is 49.2. The van der Waals surface area contributed by atoms with Crippen molar-refractivity contribution in [1.29, 1.82) is 0 Å². The Bertz CT molecular complexity index is 2860. The molecule has 5 saturated carbocycles. The molecule has 1 aromatic heterocycles. The fourth-order valence-electron chi connectivity index (χ4n) is 11.9. The second-order valence-corrected chi connectivity index (χ2v) is 27.6. The number of hydrogen-bond donors (Lipinski definition) is 14. The van der Waals surface area contributed by atoms with Gasteiger partial charge in [0.1, 0.15) is 12.8 Å². The minimum Gasteiger partial charge on any atom is -0.369 e. The van der Waals surface area contributed by atoms with Gasteiger partial charge < -0.3 is 69.5 Å². The smallest absolute Gasteiger partial charge is 0.318 e. The molecule has 32 heteroatoms. The number of hydrogen-bond acceptors (Lipinski definition) is 21. The molecule has 32 nitrogen and oxygen atoms in total. The van der Waals surface area contributed by atoms with Crippen molar-refractivity contribution in [1.82, 2.24) is 73.8 Å². The summed E-state index contributed by atoms with van der Waals surface area (Å²) >= 11 is 0. The molecule has 0 aromatic carbocycles. The van der Waals surface area contributed by atoms with E-state index in [1.54, 1.807) is 45.9 Å². The first-order valence-electron chi connectivity index (χ1n) is 36.6. The molecule has 10 amide bonds. The predicted molar refractivity (Wildman–Crippen MR) is 399 cm³/mol. The molecule has 0 spiro atoms. The molecule has 2 aliphatic heterocycles. The van der Waals surface area contributed by atoms with Crippen molar-refractivity contribution in [3.8, 4) is 0 Å². The Balaban J connectivity index is 0.00000117. The zero-order chi connectivity index (χ0) is 78.5. The van der Waals surface area contributed by atoms with E-state index in [1.807, 2.05) is 48.5 Å². The van der Waals surface area contributed by atoms with E-state index in [9.17, 15) is 57.5 Å². The first kappa shape index (κ1) is 94.6. The Morgan fingerprint density at radius 2 is 0.750 bits per heavy atom. The average Bonchev–Trinajstić information content (AvgIpc) is 0.854. The molecule has 2 atom stereocenters. The van der Waals surface area contributed by atoms with Gasteiger partial charge in [0.05, 0.1) is 16.6 Å². The quantitative estimate of drug-likeness (QED) is 0.0439. The summed E-state index contributed by atoms with van der Waals surface area (Å²) in [4.78, 5) is 160. The Labute approximate surface area is 614 Å². The van der Waals surface area contributed by atoms with Crippen molar-refractivity contribution in [2.75, 3.05) is 38.5 Å². The van der Waals surface area contributed by atoms with E-state index in [1.165, 1.54) is 94.9 Å². The summed E-state index contributed by atoms with van der Waals surface area (Å²) in [5.41, 5.74) is 6.61. The van der Waals surface area contributed by atoms with Gasteiger partial charge >= 0.3 is 12.1 Å². The largest absolute Gasteiger partial charge is 0.369 e. The number of carbonyl (C=O) groups is 8. The van der Waals surface area contributed by atoms with Gasteiger partial charge in [0.2, 0.25) is 65.7 Å².